The van der Waals surface area contributed by atoms with E-state index >= 15 is 0 Å². The van der Waals surface area contributed by atoms with Crippen molar-refractivity contribution in [2.45, 2.75) is 32.3 Å². The minimum Gasteiger partial charge on any atom is -0.496 e. The van der Waals surface area contributed by atoms with Crippen LogP contribution in [0, 0.1) is 6.92 Å². The van der Waals surface area contributed by atoms with Crippen LogP contribution >= 0.6 is 0 Å². The van der Waals surface area contributed by atoms with E-state index in [1.807, 2.05) is 30.0 Å². The molecule has 3 rings (SSSR count). The molecule has 0 atom stereocenters. The Labute approximate surface area is 147 Å². The molecular formula is C19H23N3O3. The number of piperidine rings is 1. The molecule has 6 nitrogen and oxygen atoms in total. The van der Waals surface area contributed by atoms with Crippen LogP contribution in [-0.2, 0) is 11.2 Å². The van der Waals surface area contributed by atoms with E-state index in [2.05, 4.69) is 9.97 Å². The molecule has 132 valence electrons. The Hall–Kier alpha value is -2.63. The van der Waals surface area contributed by atoms with E-state index in [1.54, 1.807) is 19.4 Å². The monoisotopic (exact) mass is 341 g/mol. The van der Waals surface area contributed by atoms with Gasteiger partial charge in [0.05, 0.1) is 13.5 Å². The van der Waals surface area contributed by atoms with Crippen molar-refractivity contribution in [1.82, 2.24) is 14.9 Å². The number of nitrogens with zero attached hydrogens (tertiary/aromatic N) is 3. The number of carbonyl (C=O) groups is 1. The number of aryl methyl sites for hydroxylation is 1. The average molecular weight is 341 g/mol. The first kappa shape index (κ1) is 17.2. The van der Waals surface area contributed by atoms with Gasteiger partial charge in [-0.15, -0.1) is 0 Å². The summed E-state index contributed by atoms with van der Waals surface area (Å²) in [6, 6.07) is 7.64. The maximum absolute atomic E-state index is 12.5. The number of rotatable bonds is 5. The maximum atomic E-state index is 12.5. The molecule has 0 radical (unpaired) electrons. The van der Waals surface area contributed by atoms with Crippen molar-refractivity contribution >= 4 is 5.91 Å². The molecule has 0 aliphatic carbocycles. The van der Waals surface area contributed by atoms with Gasteiger partial charge in [0.2, 0.25) is 11.8 Å². The van der Waals surface area contributed by atoms with Crippen molar-refractivity contribution in [3.63, 3.8) is 0 Å². The number of aromatic nitrogens is 2. The fraction of sp³-hybridized carbons (Fsp3) is 0.421. The zero-order valence-corrected chi connectivity index (χ0v) is 14.6. The lowest BCUT2D eigenvalue weighted by Gasteiger charge is -2.32. The van der Waals surface area contributed by atoms with Crippen LogP contribution in [0.15, 0.2) is 36.8 Å². The minimum atomic E-state index is 0.0992. The van der Waals surface area contributed by atoms with E-state index in [-0.39, 0.29) is 12.0 Å². The lowest BCUT2D eigenvalue weighted by Crippen LogP contribution is -2.42. The normalized spacial score (nSPS) is 15.0. The molecule has 6 heteroatoms. The Morgan fingerprint density at radius 2 is 2.08 bits per heavy atom. The summed E-state index contributed by atoms with van der Waals surface area (Å²) < 4.78 is 11.1. The van der Waals surface area contributed by atoms with Crippen LogP contribution in [0.25, 0.3) is 0 Å². The molecule has 0 spiro atoms. The zero-order chi connectivity index (χ0) is 17.6. The summed E-state index contributed by atoms with van der Waals surface area (Å²) in [5, 5.41) is 0. The SMILES string of the molecule is COc1ccc(CC(=O)N2CCC(Oc3ccncn3)CC2)cc1C. The van der Waals surface area contributed by atoms with Gasteiger partial charge in [-0.25, -0.2) is 9.97 Å². The Balaban J connectivity index is 1.50. The van der Waals surface area contributed by atoms with Gasteiger partial charge in [-0.1, -0.05) is 12.1 Å². The van der Waals surface area contributed by atoms with E-state index in [4.69, 9.17) is 9.47 Å². The van der Waals surface area contributed by atoms with Crippen LogP contribution in [0.1, 0.15) is 24.0 Å². The molecule has 2 aromatic rings. The topological polar surface area (TPSA) is 64.5 Å². The summed E-state index contributed by atoms with van der Waals surface area (Å²) in [4.78, 5) is 22.4. The zero-order valence-electron chi connectivity index (χ0n) is 14.6. The number of carbonyl (C=O) groups excluding carboxylic acids is 1. The fourth-order valence-electron chi connectivity index (χ4n) is 3.08. The van der Waals surface area contributed by atoms with Crippen molar-refractivity contribution in [3.05, 3.63) is 47.9 Å². The highest BCUT2D eigenvalue weighted by atomic mass is 16.5. The van der Waals surface area contributed by atoms with Gasteiger partial charge in [0, 0.05) is 38.2 Å². The second-order valence-electron chi connectivity index (χ2n) is 6.23. The summed E-state index contributed by atoms with van der Waals surface area (Å²) in [5.74, 6) is 1.59. The molecule has 1 aliphatic rings. The number of methoxy groups -OCH3 is 1. The van der Waals surface area contributed by atoms with Gasteiger partial charge in [-0.3, -0.25) is 4.79 Å². The van der Waals surface area contributed by atoms with Crippen LogP contribution in [0.5, 0.6) is 11.6 Å². The molecule has 1 aliphatic heterocycles. The lowest BCUT2D eigenvalue weighted by molar-refractivity contribution is -0.132. The van der Waals surface area contributed by atoms with Crippen LogP contribution in [-0.4, -0.2) is 47.1 Å². The van der Waals surface area contributed by atoms with Crippen molar-refractivity contribution in [2.75, 3.05) is 20.2 Å². The van der Waals surface area contributed by atoms with E-state index in [0.29, 0.717) is 25.4 Å². The molecule has 0 bridgehead atoms. The van der Waals surface area contributed by atoms with Gasteiger partial charge in [0.15, 0.2) is 0 Å². The molecule has 1 amide bonds. The summed E-state index contributed by atoms with van der Waals surface area (Å²) in [6.07, 6.45) is 5.29. The summed E-state index contributed by atoms with van der Waals surface area (Å²) >= 11 is 0. The van der Waals surface area contributed by atoms with Gasteiger partial charge in [-0.05, 0) is 24.1 Å². The summed E-state index contributed by atoms with van der Waals surface area (Å²) in [6.45, 7) is 3.41. The molecule has 1 aromatic heterocycles. The highest BCUT2D eigenvalue weighted by Crippen LogP contribution is 2.20. The third kappa shape index (κ3) is 4.47. The number of hydrogen-bond acceptors (Lipinski definition) is 5. The smallest absolute Gasteiger partial charge is 0.226 e. The van der Waals surface area contributed by atoms with E-state index in [1.165, 1.54) is 6.33 Å². The van der Waals surface area contributed by atoms with Crippen LogP contribution in [0.4, 0.5) is 0 Å². The quantitative estimate of drug-likeness (QED) is 0.836. The Bertz CT molecular complexity index is 713. The molecule has 1 aromatic carbocycles. The predicted octanol–water partition coefficient (Wildman–Crippen LogP) is 2.41. The van der Waals surface area contributed by atoms with Crippen LogP contribution in [0.3, 0.4) is 0 Å². The van der Waals surface area contributed by atoms with E-state index in [9.17, 15) is 4.79 Å². The third-order valence-corrected chi connectivity index (χ3v) is 4.45. The van der Waals surface area contributed by atoms with Gasteiger partial charge in [0.1, 0.15) is 18.2 Å². The standard InChI is InChI=1S/C19H23N3O3/c1-14-11-15(3-4-17(14)24-2)12-19(23)22-9-6-16(7-10-22)25-18-5-8-20-13-21-18/h3-5,8,11,13,16H,6-7,9-10,12H2,1-2H3. The van der Waals surface area contributed by atoms with Crippen molar-refractivity contribution in [2.24, 2.45) is 0 Å². The minimum absolute atomic E-state index is 0.0992. The predicted molar refractivity (Wildman–Crippen MR) is 93.7 cm³/mol. The van der Waals surface area contributed by atoms with Gasteiger partial charge in [-0.2, -0.15) is 0 Å². The fourth-order valence-corrected chi connectivity index (χ4v) is 3.08. The lowest BCUT2D eigenvalue weighted by atomic mass is 10.0. The molecule has 2 heterocycles. The first-order valence-corrected chi connectivity index (χ1v) is 8.49. The first-order valence-electron chi connectivity index (χ1n) is 8.49. The number of benzene rings is 1. The molecule has 1 fully saturated rings. The number of ether oxygens (including phenoxy) is 2. The van der Waals surface area contributed by atoms with Crippen molar-refractivity contribution in [3.8, 4) is 11.6 Å². The molecule has 0 unspecified atom stereocenters. The second-order valence-corrected chi connectivity index (χ2v) is 6.23. The second kappa shape index (κ2) is 7.96. The molecule has 25 heavy (non-hydrogen) atoms. The van der Waals surface area contributed by atoms with Crippen molar-refractivity contribution < 1.29 is 14.3 Å². The maximum Gasteiger partial charge on any atom is 0.226 e. The molecule has 0 N–H and O–H groups in total. The Kier molecular flexibility index (Phi) is 5.48. The van der Waals surface area contributed by atoms with Gasteiger partial charge >= 0.3 is 0 Å². The molecular weight excluding hydrogens is 318 g/mol. The van der Waals surface area contributed by atoms with Gasteiger partial charge in [0.25, 0.3) is 0 Å². The Morgan fingerprint density at radius 1 is 1.28 bits per heavy atom. The van der Waals surface area contributed by atoms with E-state index < -0.39 is 0 Å². The molecule has 1 saturated heterocycles. The largest absolute Gasteiger partial charge is 0.496 e. The number of hydrogen-bond donors (Lipinski definition) is 0. The Morgan fingerprint density at radius 3 is 2.72 bits per heavy atom. The van der Waals surface area contributed by atoms with Crippen LogP contribution in [0.2, 0.25) is 0 Å². The number of amides is 1. The third-order valence-electron chi connectivity index (χ3n) is 4.45. The van der Waals surface area contributed by atoms with Gasteiger partial charge < -0.3 is 14.4 Å². The summed E-state index contributed by atoms with van der Waals surface area (Å²) in [7, 11) is 1.65. The molecule has 0 saturated carbocycles. The van der Waals surface area contributed by atoms with E-state index in [0.717, 1.165) is 29.7 Å². The highest BCUT2D eigenvalue weighted by Gasteiger charge is 2.24. The highest BCUT2D eigenvalue weighted by molar-refractivity contribution is 5.79. The number of likely N-dealkylation sites (tertiary alicyclic amines) is 1. The first-order chi connectivity index (χ1) is 12.2. The van der Waals surface area contributed by atoms with Crippen molar-refractivity contribution in [1.29, 1.82) is 0 Å². The average Bonchev–Trinajstić information content (AvgIpc) is 2.63. The van der Waals surface area contributed by atoms with Crippen LogP contribution < -0.4 is 9.47 Å². The summed E-state index contributed by atoms with van der Waals surface area (Å²) in [5.41, 5.74) is 2.06.